The molecule has 0 spiro atoms. The molecule has 0 bridgehead atoms. The first-order valence-corrected chi connectivity index (χ1v) is 4.53. The Labute approximate surface area is 94.5 Å². The third-order valence-corrected chi connectivity index (χ3v) is 2.07. The van der Waals surface area contributed by atoms with E-state index in [2.05, 4.69) is 0 Å². The number of carbonyl (C=O) groups excluding carboxylic acids is 1. The van der Waals surface area contributed by atoms with Crippen molar-refractivity contribution < 1.29 is 18.0 Å². The number of halogens is 4. The Morgan fingerprint density at radius 1 is 1.38 bits per heavy atom. The zero-order chi connectivity index (χ0) is 12.3. The maximum Gasteiger partial charge on any atom is 0.417 e. The molecule has 0 aliphatic carbocycles. The Morgan fingerprint density at radius 3 is 2.50 bits per heavy atom. The van der Waals surface area contributed by atoms with Gasteiger partial charge in [0, 0.05) is 6.08 Å². The number of rotatable bonds is 2. The molecule has 0 aliphatic rings. The van der Waals surface area contributed by atoms with Crippen LogP contribution in [0.1, 0.15) is 11.1 Å². The molecule has 16 heavy (non-hydrogen) atoms. The van der Waals surface area contributed by atoms with Crippen molar-refractivity contribution in [2.45, 2.75) is 6.18 Å². The van der Waals surface area contributed by atoms with Crippen LogP contribution in [0, 0.1) is 0 Å². The maximum atomic E-state index is 12.4. The van der Waals surface area contributed by atoms with Crippen LogP contribution in [0.4, 0.5) is 13.2 Å². The fourth-order valence-electron chi connectivity index (χ4n) is 1.04. The van der Waals surface area contributed by atoms with Crippen molar-refractivity contribution in [3.63, 3.8) is 0 Å². The van der Waals surface area contributed by atoms with E-state index < -0.39 is 17.6 Å². The van der Waals surface area contributed by atoms with Gasteiger partial charge < -0.3 is 5.73 Å². The monoisotopic (exact) mass is 249 g/mol. The molecule has 1 aromatic carbocycles. The summed E-state index contributed by atoms with van der Waals surface area (Å²) in [5.74, 6) is -0.733. The van der Waals surface area contributed by atoms with Gasteiger partial charge in [-0.15, -0.1) is 0 Å². The predicted molar refractivity (Wildman–Crippen MR) is 54.7 cm³/mol. The van der Waals surface area contributed by atoms with Gasteiger partial charge in [0.15, 0.2) is 0 Å². The summed E-state index contributed by atoms with van der Waals surface area (Å²) in [5, 5.41) is -0.385. The van der Waals surface area contributed by atoms with E-state index in [9.17, 15) is 18.0 Å². The average Bonchev–Trinajstić information content (AvgIpc) is 2.14. The molecule has 1 rings (SSSR count). The predicted octanol–water partition coefficient (Wildman–Crippen LogP) is 2.86. The maximum absolute atomic E-state index is 12.4. The van der Waals surface area contributed by atoms with Crippen molar-refractivity contribution in [2.75, 3.05) is 0 Å². The van der Waals surface area contributed by atoms with Crippen molar-refractivity contribution in [3.05, 3.63) is 40.4 Å². The van der Waals surface area contributed by atoms with Crippen LogP contribution in [0.15, 0.2) is 24.3 Å². The number of nitrogens with two attached hydrogens (primary N) is 1. The summed E-state index contributed by atoms with van der Waals surface area (Å²) in [5.41, 5.74) is 4.08. The van der Waals surface area contributed by atoms with Crippen molar-refractivity contribution in [1.82, 2.24) is 0 Å². The van der Waals surface area contributed by atoms with Crippen LogP contribution >= 0.6 is 11.6 Å². The molecule has 0 aliphatic heterocycles. The van der Waals surface area contributed by atoms with Crippen LogP contribution in [0.2, 0.25) is 5.02 Å². The van der Waals surface area contributed by atoms with Gasteiger partial charge in [-0.2, -0.15) is 13.2 Å². The fourth-order valence-corrected chi connectivity index (χ4v) is 1.27. The average molecular weight is 250 g/mol. The number of benzene rings is 1. The van der Waals surface area contributed by atoms with E-state index in [0.29, 0.717) is 0 Å². The summed E-state index contributed by atoms with van der Waals surface area (Å²) >= 11 is 5.41. The highest BCUT2D eigenvalue weighted by Crippen LogP contribution is 2.35. The van der Waals surface area contributed by atoms with Crippen molar-refractivity contribution in [3.8, 4) is 0 Å². The molecule has 2 N–H and O–H groups in total. The van der Waals surface area contributed by atoms with E-state index in [0.717, 1.165) is 18.2 Å². The van der Waals surface area contributed by atoms with E-state index in [-0.39, 0.29) is 10.6 Å². The van der Waals surface area contributed by atoms with Crippen LogP contribution in [0.3, 0.4) is 0 Å². The lowest BCUT2D eigenvalue weighted by Gasteiger charge is -2.09. The Kier molecular flexibility index (Phi) is 3.59. The van der Waals surface area contributed by atoms with Gasteiger partial charge in [0.25, 0.3) is 0 Å². The summed E-state index contributed by atoms with van der Waals surface area (Å²) in [6.07, 6.45) is -2.36. The molecule has 0 saturated carbocycles. The Hall–Kier alpha value is -1.49. The molecule has 0 aromatic heterocycles. The molecule has 6 heteroatoms. The lowest BCUT2D eigenvalue weighted by atomic mass is 10.1. The summed E-state index contributed by atoms with van der Waals surface area (Å²) in [6, 6.07) is 3.32. The fraction of sp³-hybridized carbons (Fsp3) is 0.100. The third kappa shape index (κ3) is 3.27. The second-order valence-electron chi connectivity index (χ2n) is 2.97. The molecular weight excluding hydrogens is 243 g/mol. The van der Waals surface area contributed by atoms with Gasteiger partial charge in [0.2, 0.25) is 5.91 Å². The summed E-state index contributed by atoms with van der Waals surface area (Å²) in [4.78, 5) is 10.4. The van der Waals surface area contributed by atoms with Gasteiger partial charge >= 0.3 is 6.18 Å². The third-order valence-electron chi connectivity index (χ3n) is 1.74. The molecule has 86 valence electrons. The van der Waals surface area contributed by atoms with Gasteiger partial charge in [-0.1, -0.05) is 17.7 Å². The first kappa shape index (κ1) is 12.6. The van der Waals surface area contributed by atoms with Gasteiger partial charge in [-0.25, -0.2) is 0 Å². The molecule has 0 fully saturated rings. The van der Waals surface area contributed by atoms with E-state index in [4.69, 9.17) is 17.3 Å². The SMILES string of the molecule is NC(=O)/C=C\c1ccc(Cl)c(C(F)(F)F)c1. The van der Waals surface area contributed by atoms with E-state index in [1.807, 2.05) is 0 Å². The van der Waals surface area contributed by atoms with Gasteiger partial charge in [0.05, 0.1) is 10.6 Å². The molecule has 2 nitrogen and oxygen atoms in total. The Morgan fingerprint density at radius 2 is 2.00 bits per heavy atom. The summed E-state index contributed by atoms with van der Waals surface area (Å²) < 4.78 is 37.3. The zero-order valence-electron chi connectivity index (χ0n) is 7.88. The molecule has 1 aromatic rings. The van der Waals surface area contributed by atoms with E-state index >= 15 is 0 Å². The highest BCUT2D eigenvalue weighted by Gasteiger charge is 2.33. The minimum absolute atomic E-state index is 0.204. The van der Waals surface area contributed by atoms with Gasteiger partial charge in [0.1, 0.15) is 0 Å². The molecule has 0 saturated heterocycles. The van der Waals surface area contributed by atoms with Crippen LogP contribution in [-0.4, -0.2) is 5.91 Å². The van der Waals surface area contributed by atoms with Crippen LogP contribution in [0.25, 0.3) is 6.08 Å². The number of amides is 1. The normalized spacial score (nSPS) is 12.0. The second-order valence-corrected chi connectivity index (χ2v) is 3.38. The van der Waals surface area contributed by atoms with Crippen molar-refractivity contribution in [1.29, 1.82) is 0 Å². The Balaban J connectivity index is 3.13. The standard InChI is InChI=1S/C10H7ClF3NO/c11-8-3-1-6(2-4-9(15)16)5-7(8)10(12,13)14/h1-5H,(H2,15,16)/b4-2-. The van der Waals surface area contributed by atoms with Crippen molar-refractivity contribution >= 4 is 23.6 Å². The van der Waals surface area contributed by atoms with E-state index in [1.165, 1.54) is 12.1 Å². The highest BCUT2D eigenvalue weighted by molar-refractivity contribution is 6.31. The lowest BCUT2D eigenvalue weighted by molar-refractivity contribution is -0.137. The molecule has 0 unspecified atom stereocenters. The smallest absolute Gasteiger partial charge is 0.366 e. The number of carbonyl (C=O) groups is 1. The van der Waals surface area contributed by atoms with Gasteiger partial charge in [-0.3, -0.25) is 4.79 Å². The van der Waals surface area contributed by atoms with Crippen molar-refractivity contribution in [2.24, 2.45) is 5.73 Å². The largest absolute Gasteiger partial charge is 0.417 e. The molecule has 1 amide bonds. The number of alkyl halides is 3. The van der Waals surface area contributed by atoms with Crippen LogP contribution in [0.5, 0.6) is 0 Å². The summed E-state index contributed by atoms with van der Waals surface area (Å²) in [7, 11) is 0. The number of hydrogen-bond acceptors (Lipinski definition) is 1. The highest BCUT2D eigenvalue weighted by atomic mass is 35.5. The van der Waals surface area contributed by atoms with Crippen LogP contribution in [-0.2, 0) is 11.0 Å². The molecule has 0 atom stereocenters. The lowest BCUT2D eigenvalue weighted by Crippen LogP contribution is -2.06. The summed E-state index contributed by atoms with van der Waals surface area (Å²) in [6.45, 7) is 0. The van der Waals surface area contributed by atoms with Gasteiger partial charge in [-0.05, 0) is 23.8 Å². The molecular formula is C10H7ClF3NO. The van der Waals surface area contributed by atoms with Crippen LogP contribution < -0.4 is 5.73 Å². The second kappa shape index (κ2) is 4.57. The molecule has 0 radical (unpaired) electrons. The number of hydrogen-bond donors (Lipinski definition) is 1. The Bertz CT molecular complexity index is 440. The quantitative estimate of drug-likeness (QED) is 0.805. The minimum atomic E-state index is -4.52. The first-order chi connectivity index (χ1) is 7.30. The zero-order valence-corrected chi connectivity index (χ0v) is 8.64. The minimum Gasteiger partial charge on any atom is -0.366 e. The topological polar surface area (TPSA) is 43.1 Å². The molecule has 0 heterocycles. The van der Waals surface area contributed by atoms with E-state index in [1.54, 1.807) is 0 Å². The first-order valence-electron chi connectivity index (χ1n) is 4.15. The number of primary amides is 1.